The summed E-state index contributed by atoms with van der Waals surface area (Å²) in [4.78, 5) is 31.5. The van der Waals surface area contributed by atoms with Crippen LogP contribution in [0.3, 0.4) is 0 Å². The molecule has 3 aromatic heterocycles. The minimum Gasteiger partial charge on any atom is -0.461 e. The zero-order valence-electron chi connectivity index (χ0n) is 25.1. The largest absolute Gasteiger partial charge is 0.461 e. The first-order valence-electron chi connectivity index (χ1n) is 15.5. The van der Waals surface area contributed by atoms with Crippen molar-refractivity contribution in [3.05, 3.63) is 54.0 Å². The number of nitrogens with zero attached hydrogens (tertiary/aromatic N) is 6. The van der Waals surface area contributed by atoms with E-state index in [0.29, 0.717) is 35.9 Å². The normalized spacial score (nSPS) is 17.5. The molecule has 3 aromatic rings. The molecular formula is C33H38N8O3. The Kier molecular flexibility index (Phi) is 8.98. The average Bonchev–Trinajstić information content (AvgIpc) is 3.04. The van der Waals surface area contributed by atoms with E-state index in [1.54, 1.807) is 25.4 Å². The average molecular weight is 595 g/mol. The molecule has 3 fully saturated rings. The minimum absolute atomic E-state index is 0.0972. The number of anilines is 4. The number of nitrogens with one attached hydrogen (secondary N) is 2. The van der Waals surface area contributed by atoms with Crippen LogP contribution in [-0.4, -0.2) is 72.6 Å². The molecule has 0 radical (unpaired) electrons. The van der Waals surface area contributed by atoms with Crippen molar-refractivity contribution in [1.29, 1.82) is 10.7 Å². The highest BCUT2D eigenvalue weighted by molar-refractivity contribution is 6.11. The summed E-state index contributed by atoms with van der Waals surface area (Å²) in [7, 11) is 0. The number of pyridine rings is 3. The van der Waals surface area contributed by atoms with E-state index in [0.717, 1.165) is 81.2 Å². The van der Waals surface area contributed by atoms with Gasteiger partial charge in [0.2, 0.25) is 0 Å². The second kappa shape index (κ2) is 13.4. The maximum Gasteiger partial charge on any atom is 0.357 e. The van der Waals surface area contributed by atoms with Gasteiger partial charge in [0.05, 0.1) is 25.9 Å². The Hall–Kier alpha value is -4.56. The quantitative estimate of drug-likeness (QED) is 0.251. The first-order valence-corrected chi connectivity index (χ1v) is 15.5. The molecule has 0 amide bonds. The van der Waals surface area contributed by atoms with Crippen molar-refractivity contribution >= 4 is 34.8 Å². The summed E-state index contributed by atoms with van der Waals surface area (Å²) in [6.45, 7) is 6.39. The zero-order valence-corrected chi connectivity index (χ0v) is 25.1. The summed E-state index contributed by atoms with van der Waals surface area (Å²) >= 11 is 0. The smallest absolute Gasteiger partial charge is 0.357 e. The molecule has 1 saturated carbocycles. The van der Waals surface area contributed by atoms with Crippen LogP contribution < -0.4 is 15.1 Å². The lowest BCUT2D eigenvalue weighted by Crippen LogP contribution is -2.36. The maximum absolute atomic E-state index is 13.0. The third-order valence-electron chi connectivity index (χ3n) is 8.69. The van der Waals surface area contributed by atoms with Crippen LogP contribution in [0.1, 0.15) is 55.1 Å². The van der Waals surface area contributed by atoms with Gasteiger partial charge in [0.25, 0.3) is 0 Å². The molecule has 6 rings (SSSR count). The molecule has 44 heavy (non-hydrogen) atoms. The summed E-state index contributed by atoms with van der Waals surface area (Å²) in [6, 6.07) is 11.9. The Bertz CT molecular complexity index is 1540. The summed E-state index contributed by atoms with van der Waals surface area (Å²) in [5, 5.41) is 22.0. The molecule has 0 unspecified atom stereocenters. The van der Waals surface area contributed by atoms with Crippen molar-refractivity contribution in [2.24, 2.45) is 11.8 Å². The Morgan fingerprint density at radius 3 is 2.50 bits per heavy atom. The highest BCUT2D eigenvalue weighted by atomic mass is 16.5. The molecule has 11 heteroatoms. The number of morpholine rings is 1. The molecule has 2 saturated heterocycles. The van der Waals surface area contributed by atoms with Crippen LogP contribution in [0.4, 0.5) is 23.1 Å². The van der Waals surface area contributed by atoms with Crippen LogP contribution in [0.2, 0.25) is 0 Å². The number of ether oxygens (including phenoxy) is 2. The van der Waals surface area contributed by atoms with E-state index in [9.17, 15) is 15.5 Å². The number of aromatic nitrogens is 3. The van der Waals surface area contributed by atoms with Crippen molar-refractivity contribution in [2.75, 3.05) is 61.1 Å². The van der Waals surface area contributed by atoms with E-state index in [-0.39, 0.29) is 24.1 Å². The first kappa shape index (κ1) is 29.5. The molecule has 2 aliphatic heterocycles. The molecule has 0 bridgehead atoms. The molecule has 3 aliphatic rings. The number of piperidine rings is 1. The van der Waals surface area contributed by atoms with E-state index < -0.39 is 5.97 Å². The zero-order chi connectivity index (χ0) is 30.5. The highest BCUT2D eigenvalue weighted by Gasteiger charge is 2.30. The Balaban J connectivity index is 1.39. The fourth-order valence-electron chi connectivity index (χ4n) is 5.91. The van der Waals surface area contributed by atoms with Gasteiger partial charge < -0.3 is 30.0 Å². The molecule has 228 valence electrons. The van der Waals surface area contributed by atoms with Gasteiger partial charge in [-0.25, -0.2) is 19.7 Å². The number of hydrogen-bond acceptors (Lipinski definition) is 11. The van der Waals surface area contributed by atoms with Gasteiger partial charge in [-0.3, -0.25) is 0 Å². The number of carbonyl (C=O) groups excluding carboxylic acids is 1. The van der Waals surface area contributed by atoms with Crippen molar-refractivity contribution in [2.45, 2.75) is 39.0 Å². The number of hydrogen-bond donors (Lipinski definition) is 2. The van der Waals surface area contributed by atoms with Crippen molar-refractivity contribution in [3.63, 3.8) is 0 Å². The van der Waals surface area contributed by atoms with Gasteiger partial charge in [-0.1, -0.05) is 6.42 Å². The van der Waals surface area contributed by atoms with Gasteiger partial charge in [-0.05, 0) is 62.4 Å². The number of esters is 1. The van der Waals surface area contributed by atoms with E-state index in [2.05, 4.69) is 26.2 Å². The number of carbonyl (C=O) groups is 1. The van der Waals surface area contributed by atoms with Crippen LogP contribution in [0.25, 0.3) is 11.1 Å². The third kappa shape index (κ3) is 6.36. The lowest BCUT2D eigenvalue weighted by molar-refractivity contribution is 0.0519. The SMILES string of the molecule is CCOC(=O)c1cc(-c2ccc(N3CCC(C#N)CC3)nc2)c(C(=N)C2CCC2)c(Nc2ccnc(N3CCOCC3)c2)n1. The van der Waals surface area contributed by atoms with Gasteiger partial charge in [0.1, 0.15) is 17.5 Å². The predicted octanol–water partition coefficient (Wildman–Crippen LogP) is 5.20. The Morgan fingerprint density at radius 1 is 1.07 bits per heavy atom. The molecule has 1 aliphatic carbocycles. The van der Waals surface area contributed by atoms with Crippen molar-refractivity contribution < 1.29 is 14.3 Å². The van der Waals surface area contributed by atoms with Gasteiger partial charge in [0.15, 0.2) is 5.69 Å². The molecule has 11 nitrogen and oxygen atoms in total. The Morgan fingerprint density at radius 2 is 1.84 bits per heavy atom. The summed E-state index contributed by atoms with van der Waals surface area (Å²) in [5.74, 6) is 1.82. The van der Waals surface area contributed by atoms with Crippen LogP contribution >= 0.6 is 0 Å². The predicted molar refractivity (Wildman–Crippen MR) is 169 cm³/mol. The maximum atomic E-state index is 13.0. The Labute approximate surface area is 257 Å². The lowest BCUT2D eigenvalue weighted by atomic mass is 9.78. The number of nitriles is 1. The fourth-order valence-corrected chi connectivity index (χ4v) is 5.91. The van der Waals surface area contributed by atoms with Crippen LogP contribution in [0.5, 0.6) is 0 Å². The summed E-state index contributed by atoms with van der Waals surface area (Å²) in [5.41, 5.74) is 3.60. The third-order valence-corrected chi connectivity index (χ3v) is 8.69. The molecule has 5 heterocycles. The summed E-state index contributed by atoms with van der Waals surface area (Å²) < 4.78 is 10.9. The van der Waals surface area contributed by atoms with E-state index in [4.69, 9.17) is 19.4 Å². The van der Waals surface area contributed by atoms with E-state index >= 15 is 0 Å². The van der Waals surface area contributed by atoms with Crippen molar-refractivity contribution in [1.82, 2.24) is 15.0 Å². The van der Waals surface area contributed by atoms with Crippen LogP contribution in [0.15, 0.2) is 42.7 Å². The van der Waals surface area contributed by atoms with Gasteiger partial charge in [0, 0.05) is 79.0 Å². The van der Waals surface area contributed by atoms with Gasteiger partial charge >= 0.3 is 5.97 Å². The molecule has 0 aromatic carbocycles. The highest BCUT2D eigenvalue weighted by Crippen LogP contribution is 2.38. The van der Waals surface area contributed by atoms with E-state index in [1.807, 2.05) is 24.3 Å². The summed E-state index contributed by atoms with van der Waals surface area (Å²) in [6.07, 6.45) is 8.20. The minimum atomic E-state index is -0.521. The first-order chi connectivity index (χ1) is 21.5. The van der Waals surface area contributed by atoms with E-state index in [1.165, 1.54) is 0 Å². The van der Waals surface area contributed by atoms with Crippen LogP contribution in [-0.2, 0) is 9.47 Å². The second-order valence-electron chi connectivity index (χ2n) is 11.5. The molecule has 2 N–H and O–H groups in total. The van der Waals surface area contributed by atoms with Gasteiger partial charge in [-0.15, -0.1) is 0 Å². The van der Waals surface area contributed by atoms with Gasteiger partial charge in [-0.2, -0.15) is 5.26 Å². The monoisotopic (exact) mass is 594 g/mol. The fraction of sp³-hybridized carbons (Fsp3) is 0.455. The topological polar surface area (TPSA) is 140 Å². The molecule has 0 atom stereocenters. The number of rotatable bonds is 9. The lowest BCUT2D eigenvalue weighted by Gasteiger charge is -2.30. The molecule has 0 spiro atoms. The second-order valence-corrected chi connectivity index (χ2v) is 11.5. The van der Waals surface area contributed by atoms with Crippen LogP contribution in [0, 0.1) is 28.6 Å². The standard InChI is InChI=1S/C33H38N8O3/c1-2-44-33(42)27-19-26(24-6-7-28(37-21-24)40-12-9-22(20-34)10-13-40)30(31(35)23-4-3-5-23)32(39-27)38-25-8-11-36-29(18-25)41-14-16-43-17-15-41/h6-8,11,18-19,21-23,35H,2-5,9-10,12-17H2,1H3,(H,36,38,39). The van der Waals surface area contributed by atoms with Crippen molar-refractivity contribution in [3.8, 4) is 17.2 Å². The molecular weight excluding hydrogens is 556 g/mol.